The number of esters is 1. The first-order valence-electron chi connectivity index (χ1n) is 6.33. The molecule has 1 saturated carbocycles. The number of methoxy groups -OCH3 is 1. The van der Waals surface area contributed by atoms with Gasteiger partial charge in [-0.25, -0.2) is 0 Å². The Balaban J connectivity index is 2.06. The summed E-state index contributed by atoms with van der Waals surface area (Å²) in [5.74, 6) is 1.35. The van der Waals surface area contributed by atoms with Crippen molar-refractivity contribution in [3.63, 3.8) is 0 Å². The van der Waals surface area contributed by atoms with Gasteiger partial charge in [-0.05, 0) is 19.3 Å². The van der Waals surface area contributed by atoms with Gasteiger partial charge in [0.2, 0.25) is 11.8 Å². The molecular formula is C13H20N2O3. The Morgan fingerprint density at radius 3 is 2.61 bits per heavy atom. The Morgan fingerprint density at radius 2 is 2.06 bits per heavy atom. The molecule has 0 amide bonds. The highest BCUT2D eigenvalue weighted by atomic mass is 16.5. The Hall–Kier alpha value is -1.39. The average molecular weight is 252 g/mol. The zero-order chi connectivity index (χ0) is 13.3. The Labute approximate surface area is 107 Å². The molecule has 1 aromatic heterocycles. The maximum atomic E-state index is 11.5. The molecule has 1 heterocycles. The van der Waals surface area contributed by atoms with Gasteiger partial charge in [0.15, 0.2) is 0 Å². The van der Waals surface area contributed by atoms with E-state index in [9.17, 15) is 4.79 Å². The standard InChI is InChI=1S/C13H20N2O3/c1-13(2,3)12-15-14-10(18-12)8-5-6-9(7-8)11(16)17-4/h8-9H,5-7H2,1-4H3. The fraction of sp³-hybridized carbons (Fsp3) is 0.769. The highest BCUT2D eigenvalue weighted by Crippen LogP contribution is 2.38. The summed E-state index contributed by atoms with van der Waals surface area (Å²) in [5, 5.41) is 8.20. The first kappa shape index (κ1) is 13.1. The third-order valence-electron chi connectivity index (χ3n) is 3.40. The third-order valence-corrected chi connectivity index (χ3v) is 3.40. The molecule has 2 unspecified atom stereocenters. The molecule has 0 aliphatic heterocycles. The van der Waals surface area contributed by atoms with Crippen molar-refractivity contribution < 1.29 is 13.9 Å². The van der Waals surface area contributed by atoms with E-state index < -0.39 is 0 Å². The van der Waals surface area contributed by atoms with Crippen LogP contribution in [0.15, 0.2) is 4.42 Å². The van der Waals surface area contributed by atoms with Crippen molar-refractivity contribution in [2.24, 2.45) is 5.92 Å². The van der Waals surface area contributed by atoms with E-state index in [2.05, 4.69) is 10.2 Å². The quantitative estimate of drug-likeness (QED) is 0.756. The van der Waals surface area contributed by atoms with Crippen molar-refractivity contribution in [3.8, 4) is 0 Å². The highest BCUT2D eigenvalue weighted by Gasteiger charge is 2.35. The molecule has 1 aromatic rings. The van der Waals surface area contributed by atoms with E-state index in [4.69, 9.17) is 9.15 Å². The topological polar surface area (TPSA) is 65.2 Å². The molecule has 0 spiro atoms. The van der Waals surface area contributed by atoms with Crippen LogP contribution in [-0.4, -0.2) is 23.3 Å². The molecule has 1 aliphatic rings. The van der Waals surface area contributed by atoms with Gasteiger partial charge < -0.3 is 9.15 Å². The summed E-state index contributed by atoms with van der Waals surface area (Å²) in [5.41, 5.74) is -0.133. The number of hydrogen-bond donors (Lipinski definition) is 0. The number of ether oxygens (including phenoxy) is 1. The summed E-state index contributed by atoms with van der Waals surface area (Å²) < 4.78 is 10.5. The summed E-state index contributed by atoms with van der Waals surface area (Å²) in [4.78, 5) is 11.5. The van der Waals surface area contributed by atoms with E-state index in [1.54, 1.807) is 0 Å². The predicted octanol–water partition coefficient (Wildman–Crippen LogP) is 2.42. The number of nitrogens with zero attached hydrogens (tertiary/aromatic N) is 2. The second-order valence-electron chi connectivity index (χ2n) is 5.93. The zero-order valence-electron chi connectivity index (χ0n) is 11.4. The van der Waals surface area contributed by atoms with Gasteiger partial charge in [-0.1, -0.05) is 20.8 Å². The summed E-state index contributed by atoms with van der Waals surface area (Å²) >= 11 is 0. The van der Waals surface area contributed by atoms with Gasteiger partial charge in [-0.2, -0.15) is 0 Å². The minimum atomic E-state index is -0.133. The van der Waals surface area contributed by atoms with Gasteiger partial charge in [0.25, 0.3) is 0 Å². The van der Waals surface area contributed by atoms with Gasteiger partial charge >= 0.3 is 5.97 Å². The fourth-order valence-electron chi connectivity index (χ4n) is 2.29. The van der Waals surface area contributed by atoms with Crippen molar-refractivity contribution in [1.82, 2.24) is 10.2 Å². The van der Waals surface area contributed by atoms with Crippen LogP contribution in [0.25, 0.3) is 0 Å². The monoisotopic (exact) mass is 252 g/mol. The van der Waals surface area contributed by atoms with Crippen LogP contribution in [0, 0.1) is 5.92 Å². The zero-order valence-corrected chi connectivity index (χ0v) is 11.4. The molecular weight excluding hydrogens is 232 g/mol. The molecule has 2 atom stereocenters. The Morgan fingerprint density at radius 1 is 1.33 bits per heavy atom. The Kier molecular flexibility index (Phi) is 3.41. The normalized spacial score (nSPS) is 24.2. The van der Waals surface area contributed by atoms with Crippen molar-refractivity contribution in [2.75, 3.05) is 7.11 Å². The minimum absolute atomic E-state index is 0.0232. The van der Waals surface area contributed by atoms with E-state index in [1.165, 1.54) is 7.11 Å². The van der Waals surface area contributed by atoms with Gasteiger partial charge in [-0.3, -0.25) is 4.79 Å². The number of carbonyl (C=O) groups is 1. The van der Waals surface area contributed by atoms with Crippen LogP contribution in [0.1, 0.15) is 57.7 Å². The maximum absolute atomic E-state index is 11.5. The SMILES string of the molecule is COC(=O)C1CCC(c2nnc(C(C)(C)C)o2)C1. The molecule has 1 fully saturated rings. The molecule has 1 aliphatic carbocycles. The summed E-state index contributed by atoms with van der Waals surface area (Å²) in [6, 6.07) is 0. The molecule has 100 valence electrons. The van der Waals surface area contributed by atoms with E-state index in [-0.39, 0.29) is 23.2 Å². The average Bonchev–Trinajstić information content (AvgIpc) is 2.94. The second-order valence-corrected chi connectivity index (χ2v) is 5.93. The number of aromatic nitrogens is 2. The summed E-state index contributed by atoms with van der Waals surface area (Å²) in [6.07, 6.45) is 2.49. The first-order valence-corrected chi connectivity index (χ1v) is 6.33. The fourth-order valence-corrected chi connectivity index (χ4v) is 2.29. The van der Waals surface area contributed by atoms with Crippen molar-refractivity contribution in [2.45, 2.75) is 51.4 Å². The van der Waals surface area contributed by atoms with E-state index in [0.29, 0.717) is 11.8 Å². The number of hydrogen-bond acceptors (Lipinski definition) is 5. The molecule has 0 bridgehead atoms. The maximum Gasteiger partial charge on any atom is 0.308 e. The highest BCUT2D eigenvalue weighted by molar-refractivity contribution is 5.72. The molecule has 18 heavy (non-hydrogen) atoms. The van der Waals surface area contributed by atoms with Crippen LogP contribution in [0.4, 0.5) is 0 Å². The molecule has 0 saturated heterocycles. The first-order chi connectivity index (χ1) is 8.41. The van der Waals surface area contributed by atoms with Gasteiger partial charge in [0.05, 0.1) is 13.0 Å². The predicted molar refractivity (Wildman–Crippen MR) is 65.1 cm³/mol. The van der Waals surface area contributed by atoms with Crippen LogP contribution in [0.2, 0.25) is 0 Å². The lowest BCUT2D eigenvalue weighted by molar-refractivity contribution is -0.145. The van der Waals surface area contributed by atoms with Gasteiger partial charge in [0.1, 0.15) is 0 Å². The van der Waals surface area contributed by atoms with Crippen molar-refractivity contribution in [1.29, 1.82) is 0 Å². The number of carbonyl (C=O) groups excluding carboxylic acids is 1. The second kappa shape index (κ2) is 4.71. The van der Waals surface area contributed by atoms with Crippen LogP contribution >= 0.6 is 0 Å². The van der Waals surface area contributed by atoms with Gasteiger partial charge in [0, 0.05) is 11.3 Å². The molecule has 5 heteroatoms. The van der Waals surface area contributed by atoms with Crippen LogP contribution in [-0.2, 0) is 14.9 Å². The third kappa shape index (κ3) is 2.54. The van der Waals surface area contributed by atoms with Crippen LogP contribution in [0.5, 0.6) is 0 Å². The number of rotatable bonds is 2. The van der Waals surface area contributed by atoms with E-state index in [1.807, 2.05) is 20.8 Å². The lowest BCUT2D eigenvalue weighted by Crippen LogP contribution is -2.12. The van der Waals surface area contributed by atoms with E-state index >= 15 is 0 Å². The lowest BCUT2D eigenvalue weighted by Gasteiger charge is -2.11. The molecule has 5 nitrogen and oxygen atoms in total. The molecule has 0 aromatic carbocycles. The minimum Gasteiger partial charge on any atom is -0.469 e. The lowest BCUT2D eigenvalue weighted by atomic mass is 9.97. The van der Waals surface area contributed by atoms with Crippen molar-refractivity contribution >= 4 is 5.97 Å². The van der Waals surface area contributed by atoms with Crippen LogP contribution < -0.4 is 0 Å². The van der Waals surface area contributed by atoms with E-state index in [0.717, 1.165) is 19.3 Å². The molecule has 0 N–H and O–H groups in total. The smallest absolute Gasteiger partial charge is 0.308 e. The molecule has 2 rings (SSSR count). The van der Waals surface area contributed by atoms with Crippen LogP contribution in [0.3, 0.4) is 0 Å². The Bertz CT molecular complexity index is 434. The van der Waals surface area contributed by atoms with Crippen molar-refractivity contribution in [3.05, 3.63) is 11.8 Å². The summed E-state index contributed by atoms with van der Waals surface area (Å²) in [7, 11) is 1.43. The largest absolute Gasteiger partial charge is 0.469 e. The van der Waals surface area contributed by atoms with Gasteiger partial charge in [-0.15, -0.1) is 10.2 Å². The molecule has 0 radical (unpaired) electrons. The summed E-state index contributed by atoms with van der Waals surface area (Å²) in [6.45, 7) is 6.11.